The molecule has 7 nitrogen and oxygen atoms in total. The molecule has 34 heavy (non-hydrogen) atoms. The third-order valence-electron chi connectivity index (χ3n) is 5.39. The summed E-state index contributed by atoms with van der Waals surface area (Å²) in [5.74, 6) is 0.504. The number of carbonyl (C=O) groups excluding carboxylic acids is 1. The first-order chi connectivity index (χ1) is 16.4. The predicted octanol–water partition coefficient (Wildman–Crippen LogP) is 3.47. The Labute approximate surface area is 205 Å². The minimum Gasteiger partial charge on any atom is -0.493 e. The van der Waals surface area contributed by atoms with E-state index in [0.717, 1.165) is 5.56 Å². The van der Waals surface area contributed by atoms with Crippen molar-refractivity contribution in [1.82, 2.24) is 4.57 Å². The second kappa shape index (κ2) is 9.87. The molecule has 1 aliphatic heterocycles. The highest BCUT2D eigenvalue weighted by atomic mass is 35.5. The summed E-state index contributed by atoms with van der Waals surface area (Å²) in [6.07, 6.45) is 1.77. The molecule has 0 radical (unpaired) electrons. The summed E-state index contributed by atoms with van der Waals surface area (Å²) in [5, 5.41) is 0.574. The number of thiazole rings is 1. The Morgan fingerprint density at radius 3 is 2.62 bits per heavy atom. The summed E-state index contributed by atoms with van der Waals surface area (Å²) in [5.41, 5.74) is 1.99. The number of benzene rings is 2. The SMILES string of the molecule is CCOC(=O)C1=C(C)N=c2s/c(=C/c3cccc(Cl)c3)c(=O)n2[C@@H]1c1ccc(OC)c(OC)c1. The molecule has 3 aromatic rings. The average molecular weight is 499 g/mol. The number of hydrogen-bond donors (Lipinski definition) is 0. The van der Waals surface area contributed by atoms with Crippen molar-refractivity contribution >= 4 is 35.0 Å². The molecular weight excluding hydrogens is 476 g/mol. The van der Waals surface area contributed by atoms with E-state index in [1.54, 1.807) is 57.4 Å². The van der Waals surface area contributed by atoms with Crippen molar-refractivity contribution in [2.45, 2.75) is 19.9 Å². The number of halogens is 1. The molecule has 0 N–H and O–H groups in total. The molecule has 0 saturated heterocycles. The lowest BCUT2D eigenvalue weighted by Gasteiger charge is -2.25. The molecule has 176 valence electrons. The number of nitrogens with zero attached hydrogens (tertiary/aromatic N) is 2. The lowest BCUT2D eigenvalue weighted by atomic mass is 9.95. The molecule has 0 amide bonds. The van der Waals surface area contributed by atoms with Crippen LogP contribution in [0.4, 0.5) is 0 Å². The van der Waals surface area contributed by atoms with Crippen molar-refractivity contribution in [3.05, 3.63) is 89.6 Å². The van der Waals surface area contributed by atoms with Gasteiger partial charge in [-0.1, -0.05) is 41.1 Å². The monoisotopic (exact) mass is 498 g/mol. The lowest BCUT2D eigenvalue weighted by molar-refractivity contribution is -0.139. The fraction of sp³-hybridized carbons (Fsp3) is 0.240. The summed E-state index contributed by atoms with van der Waals surface area (Å²) in [6.45, 7) is 3.68. The van der Waals surface area contributed by atoms with Crippen molar-refractivity contribution in [2.24, 2.45) is 4.99 Å². The van der Waals surface area contributed by atoms with Crippen LogP contribution in [-0.2, 0) is 9.53 Å². The van der Waals surface area contributed by atoms with E-state index >= 15 is 0 Å². The van der Waals surface area contributed by atoms with Crippen LogP contribution in [0.3, 0.4) is 0 Å². The van der Waals surface area contributed by atoms with Crippen LogP contribution >= 0.6 is 22.9 Å². The highest BCUT2D eigenvalue weighted by Gasteiger charge is 2.33. The zero-order chi connectivity index (χ0) is 24.4. The van der Waals surface area contributed by atoms with Crippen molar-refractivity contribution in [2.75, 3.05) is 20.8 Å². The second-order valence-corrected chi connectivity index (χ2v) is 8.92. The van der Waals surface area contributed by atoms with Crippen molar-refractivity contribution < 1.29 is 19.0 Å². The van der Waals surface area contributed by atoms with Crippen LogP contribution in [0.15, 0.2) is 63.5 Å². The number of allylic oxidation sites excluding steroid dienone is 1. The Bertz CT molecular complexity index is 1470. The zero-order valence-electron chi connectivity index (χ0n) is 19.1. The molecule has 4 rings (SSSR count). The molecule has 0 aliphatic carbocycles. The first-order valence-corrected chi connectivity index (χ1v) is 11.7. The van der Waals surface area contributed by atoms with E-state index in [9.17, 15) is 9.59 Å². The Hall–Kier alpha value is -3.36. The minimum atomic E-state index is -0.739. The Morgan fingerprint density at radius 1 is 1.18 bits per heavy atom. The molecule has 1 aliphatic rings. The van der Waals surface area contributed by atoms with Gasteiger partial charge in [0.05, 0.1) is 42.7 Å². The summed E-state index contributed by atoms with van der Waals surface area (Å²) in [7, 11) is 3.08. The van der Waals surface area contributed by atoms with Crippen LogP contribution < -0.4 is 24.4 Å². The first kappa shape index (κ1) is 23.8. The van der Waals surface area contributed by atoms with Gasteiger partial charge in [-0.05, 0) is 55.3 Å². The summed E-state index contributed by atoms with van der Waals surface area (Å²) in [4.78, 5) is 31.7. The molecule has 0 saturated carbocycles. The highest BCUT2D eigenvalue weighted by molar-refractivity contribution is 7.07. The minimum absolute atomic E-state index is 0.202. The molecule has 0 fully saturated rings. The third-order valence-corrected chi connectivity index (χ3v) is 6.60. The molecule has 9 heteroatoms. The standard InChI is InChI=1S/C25H23ClN2O5S/c1-5-33-24(30)21-14(2)27-25-28(22(21)16-9-10-18(31-3)19(13-16)32-4)23(29)20(34-25)12-15-7-6-8-17(26)11-15/h6-13,22H,5H2,1-4H3/b20-12+/t22-/m1/s1. The fourth-order valence-corrected chi connectivity index (χ4v) is 5.12. The molecule has 0 bridgehead atoms. The van der Waals surface area contributed by atoms with E-state index in [1.165, 1.54) is 23.0 Å². The van der Waals surface area contributed by atoms with Crippen LogP contribution in [0.1, 0.15) is 31.0 Å². The van der Waals surface area contributed by atoms with Gasteiger partial charge in [0.2, 0.25) is 0 Å². The molecular formula is C25H23ClN2O5S. The highest BCUT2D eigenvalue weighted by Crippen LogP contribution is 2.36. The maximum absolute atomic E-state index is 13.6. The van der Waals surface area contributed by atoms with Gasteiger partial charge in [0.1, 0.15) is 0 Å². The number of aromatic nitrogens is 1. The van der Waals surface area contributed by atoms with Crippen molar-refractivity contribution in [1.29, 1.82) is 0 Å². The molecule has 1 aromatic heterocycles. The zero-order valence-corrected chi connectivity index (χ0v) is 20.7. The van der Waals surface area contributed by atoms with E-state index in [2.05, 4.69) is 4.99 Å². The van der Waals surface area contributed by atoms with Gasteiger partial charge >= 0.3 is 5.97 Å². The number of rotatable bonds is 6. The molecule has 1 atom stereocenters. The molecule has 2 heterocycles. The van der Waals surface area contributed by atoms with Gasteiger partial charge in [-0.3, -0.25) is 9.36 Å². The number of fused-ring (bicyclic) bond motifs is 1. The van der Waals surface area contributed by atoms with E-state index in [0.29, 0.717) is 42.7 Å². The lowest BCUT2D eigenvalue weighted by Crippen LogP contribution is -2.39. The average Bonchev–Trinajstić information content (AvgIpc) is 3.12. The number of hydrogen-bond acceptors (Lipinski definition) is 7. The van der Waals surface area contributed by atoms with E-state index in [4.69, 9.17) is 25.8 Å². The van der Waals surface area contributed by atoms with Gasteiger partial charge < -0.3 is 14.2 Å². The third kappa shape index (κ3) is 4.38. The topological polar surface area (TPSA) is 79.1 Å². The van der Waals surface area contributed by atoms with E-state index in [1.807, 2.05) is 12.1 Å². The quantitative estimate of drug-likeness (QED) is 0.486. The number of esters is 1. The van der Waals surface area contributed by atoms with Gasteiger partial charge in [0.25, 0.3) is 5.56 Å². The Kier molecular flexibility index (Phi) is 6.90. The van der Waals surface area contributed by atoms with Crippen LogP contribution in [0.5, 0.6) is 11.5 Å². The van der Waals surface area contributed by atoms with E-state index in [-0.39, 0.29) is 12.2 Å². The molecule has 2 aromatic carbocycles. The maximum atomic E-state index is 13.6. The number of carbonyl (C=O) groups is 1. The normalized spacial score (nSPS) is 15.6. The summed E-state index contributed by atoms with van der Waals surface area (Å²) in [6, 6.07) is 11.8. The predicted molar refractivity (Wildman–Crippen MR) is 131 cm³/mol. The largest absolute Gasteiger partial charge is 0.493 e. The second-order valence-electron chi connectivity index (χ2n) is 7.47. The fourth-order valence-electron chi connectivity index (χ4n) is 3.88. The van der Waals surface area contributed by atoms with Gasteiger partial charge in [-0.15, -0.1) is 0 Å². The Balaban J connectivity index is 1.97. The number of ether oxygens (including phenoxy) is 3. The summed E-state index contributed by atoms with van der Waals surface area (Å²) < 4.78 is 18.2. The van der Waals surface area contributed by atoms with Crippen molar-refractivity contribution in [3.8, 4) is 11.5 Å². The van der Waals surface area contributed by atoms with Gasteiger partial charge in [0, 0.05) is 5.02 Å². The number of methoxy groups -OCH3 is 2. The van der Waals surface area contributed by atoms with Crippen LogP contribution in [0.25, 0.3) is 6.08 Å². The van der Waals surface area contributed by atoms with Gasteiger partial charge in [0.15, 0.2) is 16.3 Å². The van der Waals surface area contributed by atoms with Gasteiger partial charge in [-0.25, -0.2) is 9.79 Å². The van der Waals surface area contributed by atoms with E-state index < -0.39 is 12.0 Å². The van der Waals surface area contributed by atoms with Crippen molar-refractivity contribution in [3.63, 3.8) is 0 Å². The maximum Gasteiger partial charge on any atom is 0.338 e. The summed E-state index contributed by atoms with van der Waals surface area (Å²) >= 11 is 7.37. The van der Waals surface area contributed by atoms with Crippen LogP contribution in [0.2, 0.25) is 5.02 Å². The van der Waals surface area contributed by atoms with Crippen LogP contribution in [-0.4, -0.2) is 31.4 Å². The van der Waals surface area contributed by atoms with Gasteiger partial charge in [-0.2, -0.15) is 0 Å². The smallest absolute Gasteiger partial charge is 0.338 e. The molecule has 0 unspecified atom stereocenters. The first-order valence-electron chi connectivity index (χ1n) is 10.5. The Morgan fingerprint density at radius 2 is 1.94 bits per heavy atom. The molecule has 0 spiro atoms. The van der Waals surface area contributed by atoms with Crippen LogP contribution in [0, 0.1) is 0 Å².